The van der Waals surface area contributed by atoms with Crippen molar-refractivity contribution in [3.8, 4) is 21.8 Å². The fourth-order valence-electron chi connectivity index (χ4n) is 3.08. The van der Waals surface area contributed by atoms with Gasteiger partial charge < -0.3 is 5.32 Å². The third-order valence-corrected chi connectivity index (χ3v) is 7.72. The summed E-state index contributed by atoms with van der Waals surface area (Å²) in [5.41, 5.74) is 2.90. The van der Waals surface area contributed by atoms with E-state index in [1.807, 2.05) is 60.7 Å². The molecule has 1 amide bonds. The van der Waals surface area contributed by atoms with Crippen LogP contribution < -0.4 is 5.32 Å². The van der Waals surface area contributed by atoms with Crippen LogP contribution in [0, 0.1) is 0 Å². The Morgan fingerprint density at radius 3 is 1.97 bits per heavy atom. The minimum absolute atomic E-state index is 0.162. The van der Waals surface area contributed by atoms with Crippen molar-refractivity contribution in [2.45, 2.75) is 4.90 Å². The van der Waals surface area contributed by atoms with Gasteiger partial charge in [-0.1, -0.05) is 60.7 Å². The molecule has 1 N–H and O–H groups in total. The molecule has 0 atom stereocenters. The molecule has 0 saturated heterocycles. The Balaban J connectivity index is 1.67. The van der Waals surface area contributed by atoms with E-state index < -0.39 is 10.0 Å². The number of thiazole rings is 1. The first-order valence-electron chi connectivity index (χ1n) is 9.82. The topological polar surface area (TPSA) is 79.4 Å². The Kier molecular flexibility index (Phi) is 6.18. The average Bonchev–Trinajstić information content (AvgIpc) is 3.26. The third kappa shape index (κ3) is 4.47. The quantitative estimate of drug-likeness (QED) is 0.437. The van der Waals surface area contributed by atoms with E-state index in [0.717, 1.165) is 20.4 Å². The molecule has 0 saturated carbocycles. The van der Waals surface area contributed by atoms with Crippen molar-refractivity contribution in [2.75, 3.05) is 19.4 Å². The second-order valence-corrected chi connectivity index (χ2v) is 10.3. The van der Waals surface area contributed by atoms with Crippen LogP contribution in [-0.4, -0.2) is 37.7 Å². The molecule has 0 bridgehead atoms. The maximum atomic E-state index is 13.2. The normalized spacial score (nSPS) is 11.5. The van der Waals surface area contributed by atoms with E-state index in [1.54, 1.807) is 12.1 Å². The summed E-state index contributed by atoms with van der Waals surface area (Å²) < 4.78 is 25.7. The van der Waals surface area contributed by atoms with Crippen molar-refractivity contribution in [3.63, 3.8) is 0 Å². The molecule has 32 heavy (non-hydrogen) atoms. The molecule has 3 aromatic carbocycles. The van der Waals surface area contributed by atoms with Crippen LogP contribution in [0.15, 0.2) is 89.8 Å². The lowest BCUT2D eigenvalue weighted by molar-refractivity contribution is 0.103. The molecule has 1 aromatic heterocycles. The van der Waals surface area contributed by atoms with E-state index in [1.165, 1.54) is 37.6 Å². The number of benzene rings is 3. The second kappa shape index (κ2) is 9.04. The Morgan fingerprint density at radius 2 is 1.41 bits per heavy atom. The zero-order valence-electron chi connectivity index (χ0n) is 17.5. The molecule has 4 rings (SSSR count). The van der Waals surface area contributed by atoms with Crippen LogP contribution in [0.5, 0.6) is 0 Å². The molecule has 0 spiro atoms. The van der Waals surface area contributed by atoms with E-state index in [-0.39, 0.29) is 10.8 Å². The summed E-state index contributed by atoms with van der Waals surface area (Å²) in [4.78, 5) is 18.6. The maximum Gasteiger partial charge on any atom is 0.268 e. The SMILES string of the molecule is CN(C)S(=O)(=O)c1ccc(NC(=O)c2sc(-c3ccccc3)nc2-c2ccccc2)cc1. The molecule has 0 aliphatic rings. The minimum atomic E-state index is -3.53. The molecule has 1 heterocycles. The average molecular weight is 464 g/mol. The maximum absolute atomic E-state index is 13.2. The third-order valence-electron chi connectivity index (χ3n) is 4.79. The largest absolute Gasteiger partial charge is 0.321 e. The standard InChI is InChI=1S/C24H21N3O3S2/c1-27(2)32(29,30)20-15-13-19(14-16-20)25-23(28)22-21(17-9-5-3-6-10-17)26-24(31-22)18-11-7-4-8-12-18/h3-16H,1-2H3,(H,25,28). The molecule has 0 aliphatic heterocycles. The van der Waals surface area contributed by atoms with Gasteiger partial charge >= 0.3 is 0 Å². The molecule has 0 aliphatic carbocycles. The summed E-state index contributed by atoms with van der Waals surface area (Å²) in [6.07, 6.45) is 0. The number of carbonyl (C=O) groups is 1. The number of nitrogens with zero attached hydrogens (tertiary/aromatic N) is 2. The van der Waals surface area contributed by atoms with Crippen LogP contribution >= 0.6 is 11.3 Å². The van der Waals surface area contributed by atoms with Gasteiger partial charge in [0, 0.05) is 30.9 Å². The highest BCUT2D eigenvalue weighted by atomic mass is 32.2. The minimum Gasteiger partial charge on any atom is -0.321 e. The van der Waals surface area contributed by atoms with Gasteiger partial charge in [-0.05, 0) is 24.3 Å². The molecule has 0 radical (unpaired) electrons. The Labute approximate surface area is 191 Å². The van der Waals surface area contributed by atoms with Crippen LogP contribution in [0.25, 0.3) is 21.8 Å². The smallest absolute Gasteiger partial charge is 0.268 e. The summed E-state index contributed by atoms with van der Waals surface area (Å²) in [6, 6.07) is 25.4. The van der Waals surface area contributed by atoms with Crippen molar-refractivity contribution in [2.24, 2.45) is 0 Å². The number of amides is 1. The zero-order valence-corrected chi connectivity index (χ0v) is 19.2. The fraction of sp³-hybridized carbons (Fsp3) is 0.0833. The number of anilines is 1. The first kappa shape index (κ1) is 21.9. The van der Waals surface area contributed by atoms with Gasteiger partial charge in [0.15, 0.2) is 0 Å². The highest BCUT2D eigenvalue weighted by molar-refractivity contribution is 7.89. The number of aromatic nitrogens is 1. The monoisotopic (exact) mass is 463 g/mol. The van der Waals surface area contributed by atoms with Crippen molar-refractivity contribution >= 4 is 33.0 Å². The van der Waals surface area contributed by atoms with Crippen molar-refractivity contribution in [1.29, 1.82) is 0 Å². The van der Waals surface area contributed by atoms with Gasteiger partial charge in [0.25, 0.3) is 5.91 Å². The van der Waals surface area contributed by atoms with Gasteiger partial charge in [0.05, 0.1) is 10.6 Å². The summed E-state index contributed by atoms with van der Waals surface area (Å²) in [6.45, 7) is 0. The number of hydrogen-bond acceptors (Lipinski definition) is 5. The van der Waals surface area contributed by atoms with Crippen LogP contribution in [0.2, 0.25) is 0 Å². The molecular formula is C24H21N3O3S2. The number of rotatable bonds is 6. The number of hydrogen-bond donors (Lipinski definition) is 1. The molecule has 0 unspecified atom stereocenters. The Hall–Kier alpha value is -3.33. The van der Waals surface area contributed by atoms with Crippen molar-refractivity contribution < 1.29 is 13.2 Å². The highest BCUT2D eigenvalue weighted by Crippen LogP contribution is 2.34. The summed E-state index contributed by atoms with van der Waals surface area (Å²) in [5.74, 6) is -0.299. The first-order valence-corrected chi connectivity index (χ1v) is 12.1. The van der Waals surface area contributed by atoms with E-state index in [9.17, 15) is 13.2 Å². The van der Waals surface area contributed by atoms with E-state index >= 15 is 0 Å². The van der Waals surface area contributed by atoms with Gasteiger partial charge in [0.1, 0.15) is 9.88 Å². The van der Waals surface area contributed by atoms with Gasteiger partial charge in [-0.15, -0.1) is 11.3 Å². The molecule has 6 nitrogen and oxygen atoms in total. The lowest BCUT2D eigenvalue weighted by Crippen LogP contribution is -2.22. The van der Waals surface area contributed by atoms with Gasteiger partial charge in [-0.3, -0.25) is 4.79 Å². The second-order valence-electron chi connectivity index (χ2n) is 7.19. The summed E-state index contributed by atoms with van der Waals surface area (Å²) in [5, 5.41) is 3.62. The molecule has 8 heteroatoms. The van der Waals surface area contributed by atoms with E-state index in [4.69, 9.17) is 4.98 Å². The van der Waals surface area contributed by atoms with E-state index in [2.05, 4.69) is 5.32 Å². The molecule has 0 fully saturated rings. The van der Waals surface area contributed by atoms with Crippen LogP contribution in [0.4, 0.5) is 5.69 Å². The lowest BCUT2D eigenvalue weighted by Gasteiger charge is -2.12. The first-order chi connectivity index (χ1) is 15.4. The predicted octanol–water partition coefficient (Wildman–Crippen LogP) is 4.98. The Bertz CT molecular complexity index is 1330. The number of sulfonamides is 1. The van der Waals surface area contributed by atoms with Crippen molar-refractivity contribution in [1.82, 2.24) is 9.29 Å². The predicted molar refractivity (Wildman–Crippen MR) is 128 cm³/mol. The highest BCUT2D eigenvalue weighted by Gasteiger charge is 2.21. The number of nitrogens with one attached hydrogen (secondary N) is 1. The van der Waals surface area contributed by atoms with Crippen LogP contribution in [0.3, 0.4) is 0 Å². The lowest BCUT2D eigenvalue weighted by atomic mass is 10.1. The number of carbonyl (C=O) groups excluding carboxylic acids is 1. The molecule has 4 aromatic rings. The molecule has 162 valence electrons. The van der Waals surface area contributed by atoms with E-state index in [0.29, 0.717) is 16.3 Å². The van der Waals surface area contributed by atoms with Crippen LogP contribution in [0.1, 0.15) is 9.67 Å². The molecular weight excluding hydrogens is 442 g/mol. The van der Waals surface area contributed by atoms with Gasteiger partial charge in [-0.25, -0.2) is 17.7 Å². The Morgan fingerprint density at radius 1 is 0.844 bits per heavy atom. The van der Waals surface area contributed by atoms with Gasteiger partial charge in [-0.2, -0.15) is 0 Å². The summed E-state index contributed by atoms with van der Waals surface area (Å²) >= 11 is 1.32. The summed E-state index contributed by atoms with van der Waals surface area (Å²) in [7, 11) is -0.579. The zero-order chi connectivity index (χ0) is 22.7. The van der Waals surface area contributed by atoms with Crippen LogP contribution in [-0.2, 0) is 10.0 Å². The van der Waals surface area contributed by atoms with Gasteiger partial charge in [0.2, 0.25) is 10.0 Å². The fourth-order valence-corrected chi connectivity index (χ4v) is 4.97. The van der Waals surface area contributed by atoms with Crippen molar-refractivity contribution in [3.05, 3.63) is 89.8 Å².